The van der Waals surface area contributed by atoms with Gasteiger partial charge in [-0.25, -0.2) is 0 Å². The number of hydrogen-bond donors (Lipinski definition) is 0. The molecule has 0 saturated heterocycles. The van der Waals surface area contributed by atoms with Gasteiger partial charge in [0.15, 0.2) is 5.52 Å². The summed E-state index contributed by atoms with van der Waals surface area (Å²) in [7, 11) is 0. The van der Waals surface area contributed by atoms with E-state index in [0.717, 1.165) is 12.1 Å². The second-order valence-corrected chi connectivity index (χ2v) is 4.92. The van der Waals surface area contributed by atoms with Crippen LogP contribution < -0.4 is 5.56 Å². The van der Waals surface area contributed by atoms with Gasteiger partial charge in [-0.05, 0) is 30.2 Å². The third-order valence-electron chi connectivity index (χ3n) is 3.67. The van der Waals surface area contributed by atoms with Crippen LogP contribution >= 0.6 is 0 Å². The summed E-state index contributed by atoms with van der Waals surface area (Å²) in [6.07, 6.45) is 4.07. The second kappa shape index (κ2) is 4.73. The van der Waals surface area contributed by atoms with Crippen molar-refractivity contribution in [2.24, 2.45) is 0 Å². The third-order valence-corrected chi connectivity index (χ3v) is 3.67. The molecule has 22 heavy (non-hydrogen) atoms. The molecule has 0 aliphatic heterocycles. The Morgan fingerprint density at radius 2 is 1.91 bits per heavy atom. The second-order valence-electron chi connectivity index (χ2n) is 4.92. The molecule has 7 heteroatoms. The van der Waals surface area contributed by atoms with Gasteiger partial charge in [-0.1, -0.05) is 19.1 Å². The predicted octanol–water partition coefficient (Wildman–Crippen LogP) is 1.39. The average Bonchev–Trinajstić information content (AvgIpc) is 3.04. The summed E-state index contributed by atoms with van der Waals surface area (Å²) in [5, 5.41) is 12.0. The molecule has 3 aromatic heterocycles. The fourth-order valence-electron chi connectivity index (χ4n) is 2.44. The molecule has 0 aliphatic rings. The van der Waals surface area contributed by atoms with Crippen LogP contribution in [-0.2, 0) is 6.42 Å². The van der Waals surface area contributed by atoms with E-state index in [2.05, 4.69) is 27.2 Å². The number of benzene rings is 1. The number of aryl methyl sites for hydroxylation is 1. The summed E-state index contributed by atoms with van der Waals surface area (Å²) in [6, 6.07) is 9.67. The molecule has 108 valence electrons. The van der Waals surface area contributed by atoms with Crippen LogP contribution in [0.2, 0.25) is 0 Å². The molecule has 0 N–H and O–H groups in total. The lowest BCUT2D eigenvalue weighted by Gasteiger charge is -2.07. The van der Waals surface area contributed by atoms with Gasteiger partial charge < -0.3 is 0 Å². The van der Waals surface area contributed by atoms with Crippen molar-refractivity contribution >= 4 is 16.8 Å². The molecule has 3 heterocycles. The minimum Gasteiger partial charge on any atom is -0.282 e. The highest BCUT2D eigenvalue weighted by atomic mass is 16.1. The fraction of sp³-hybridized carbons (Fsp3) is 0.133. The molecule has 0 atom stereocenters. The van der Waals surface area contributed by atoms with Crippen LogP contribution in [0.25, 0.3) is 22.5 Å². The van der Waals surface area contributed by atoms with E-state index < -0.39 is 0 Å². The van der Waals surface area contributed by atoms with Crippen LogP contribution in [0.4, 0.5) is 0 Å². The number of fused-ring (bicyclic) bond motifs is 3. The van der Waals surface area contributed by atoms with Crippen LogP contribution in [0.1, 0.15) is 12.5 Å². The maximum Gasteiger partial charge on any atom is 0.285 e. The van der Waals surface area contributed by atoms with Gasteiger partial charge in [0, 0.05) is 11.9 Å². The van der Waals surface area contributed by atoms with E-state index in [4.69, 9.17) is 0 Å². The Hall–Kier alpha value is -3.09. The highest BCUT2D eigenvalue weighted by Crippen LogP contribution is 2.11. The molecule has 0 unspecified atom stereocenters. The summed E-state index contributed by atoms with van der Waals surface area (Å²) in [5.74, 6) is 0.372. The summed E-state index contributed by atoms with van der Waals surface area (Å²) in [6.45, 7) is 2.09. The van der Waals surface area contributed by atoms with E-state index in [1.807, 2.05) is 24.3 Å². The number of nitrogens with zero attached hydrogens (tertiary/aromatic N) is 6. The molecule has 0 saturated carbocycles. The predicted molar refractivity (Wildman–Crippen MR) is 81.1 cm³/mol. The van der Waals surface area contributed by atoms with Crippen molar-refractivity contribution in [3.63, 3.8) is 0 Å². The molecular formula is C15H12N6O. The minimum absolute atomic E-state index is 0.230. The fourth-order valence-corrected chi connectivity index (χ4v) is 2.44. The van der Waals surface area contributed by atoms with E-state index in [9.17, 15) is 4.79 Å². The summed E-state index contributed by atoms with van der Waals surface area (Å²) in [5.41, 5.74) is 2.65. The lowest BCUT2D eigenvalue weighted by Crippen LogP contribution is -2.20. The first-order valence-electron chi connectivity index (χ1n) is 6.95. The Morgan fingerprint density at radius 1 is 1.09 bits per heavy atom. The summed E-state index contributed by atoms with van der Waals surface area (Å²) < 4.78 is 3.06. The molecule has 7 nitrogen and oxygen atoms in total. The molecule has 0 fully saturated rings. The maximum atomic E-state index is 12.6. The zero-order valence-electron chi connectivity index (χ0n) is 11.8. The van der Waals surface area contributed by atoms with Gasteiger partial charge in [0.1, 0.15) is 11.8 Å². The van der Waals surface area contributed by atoms with Crippen molar-refractivity contribution in [1.29, 1.82) is 0 Å². The minimum atomic E-state index is -0.230. The maximum absolute atomic E-state index is 12.6. The standard InChI is InChI=1S/C15H12N6O/c1-2-10-3-5-11(6-4-10)20-8-7-12-13(14(20)22)18-19-15-16-9-17-21(12)15/h3-9H,2H2,1H3. The zero-order chi connectivity index (χ0) is 15.1. The molecule has 0 spiro atoms. The van der Waals surface area contributed by atoms with Crippen molar-refractivity contribution in [1.82, 2.24) is 29.4 Å². The Morgan fingerprint density at radius 3 is 2.68 bits per heavy atom. The van der Waals surface area contributed by atoms with E-state index >= 15 is 0 Å². The number of pyridine rings is 1. The Labute approximate surface area is 124 Å². The van der Waals surface area contributed by atoms with Crippen molar-refractivity contribution < 1.29 is 0 Å². The van der Waals surface area contributed by atoms with Gasteiger partial charge >= 0.3 is 0 Å². The smallest absolute Gasteiger partial charge is 0.282 e. The summed E-state index contributed by atoms with van der Waals surface area (Å²) in [4.78, 5) is 16.6. The van der Waals surface area contributed by atoms with Crippen LogP contribution in [0.15, 0.2) is 47.7 Å². The van der Waals surface area contributed by atoms with Crippen molar-refractivity contribution in [2.75, 3.05) is 0 Å². The molecule has 0 amide bonds. The van der Waals surface area contributed by atoms with Crippen LogP contribution in [0.3, 0.4) is 0 Å². The lowest BCUT2D eigenvalue weighted by molar-refractivity contribution is 0.913. The number of aromatic nitrogens is 6. The van der Waals surface area contributed by atoms with Crippen LogP contribution in [0, 0.1) is 0 Å². The van der Waals surface area contributed by atoms with E-state index in [1.165, 1.54) is 16.4 Å². The molecule has 1 aromatic carbocycles. The number of rotatable bonds is 2. The topological polar surface area (TPSA) is 78.0 Å². The van der Waals surface area contributed by atoms with Crippen molar-refractivity contribution in [3.05, 3.63) is 58.8 Å². The molecule has 4 rings (SSSR count). The van der Waals surface area contributed by atoms with Crippen molar-refractivity contribution in [2.45, 2.75) is 13.3 Å². The van der Waals surface area contributed by atoms with Gasteiger partial charge in [-0.2, -0.15) is 14.6 Å². The lowest BCUT2D eigenvalue weighted by atomic mass is 10.1. The van der Waals surface area contributed by atoms with Crippen LogP contribution in [-0.4, -0.2) is 29.4 Å². The Kier molecular flexibility index (Phi) is 2.72. The van der Waals surface area contributed by atoms with Gasteiger partial charge in [-0.3, -0.25) is 9.36 Å². The highest BCUT2D eigenvalue weighted by Gasteiger charge is 2.10. The Balaban J connectivity index is 1.97. The first-order valence-corrected chi connectivity index (χ1v) is 6.95. The monoisotopic (exact) mass is 292 g/mol. The normalized spacial score (nSPS) is 11.3. The van der Waals surface area contributed by atoms with Gasteiger partial charge in [0.25, 0.3) is 11.3 Å². The van der Waals surface area contributed by atoms with E-state index in [0.29, 0.717) is 11.3 Å². The zero-order valence-corrected chi connectivity index (χ0v) is 11.8. The molecule has 0 aliphatic carbocycles. The highest BCUT2D eigenvalue weighted by molar-refractivity contribution is 5.74. The third kappa shape index (κ3) is 1.79. The van der Waals surface area contributed by atoms with Gasteiger partial charge in [0.2, 0.25) is 0 Å². The number of hydrogen-bond acceptors (Lipinski definition) is 5. The van der Waals surface area contributed by atoms with Crippen molar-refractivity contribution in [3.8, 4) is 5.69 Å². The van der Waals surface area contributed by atoms with Gasteiger partial charge in [0.05, 0.1) is 0 Å². The molecule has 0 bridgehead atoms. The molecule has 4 aromatic rings. The first kappa shape index (κ1) is 12.6. The largest absolute Gasteiger partial charge is 0.285 e. The first-order chi connectivity index (χ1) is 10.8. The average molecular weight is 292 g/mol. The SMILES string of the molecule is CCc1ccc(-n2ccc3c(nnc4ncnn43)c2=O)cc1. The van der Waals surface area contributed by atoms with Crippen LogP contribution in [0.5, 0.6) is 0 Å². The van der Waals surface area contributed by atoms with Gasteiger partial charge in [-0.15, -0.1) is 10.2 Å². The quantitative estimate of drug-likeness (QED) is 0.558. The molecular weight excluding hydrogens is 280 g/mol. The molecule has 0 radical (unpaired) electrons. The summed E-state index contributed by atoms with van der Waals surface area (Å²) >= 11 is 0. The van der Waals surface area contributed by atoms with E-state index in [-0.39, 0.29) is 11.1 Å². The van der Waals surface area contributed by atoms with E-state index in [1.54, 1.807) is 16.8 Å². The Bertz CT molecular complexity index is 1030.